The number of anilines is 2. The first kappa shape index (κ1) is 14.7. The van der Waals surface area contributed by atoms with Crippen LogP contribution in [-0.2, 0) is 4.74 Å². The largest absolute Gasteiger partial charge is 0.465 e. The van der Waals surface area contributed by atoms with Gasteiger partial charge in [0, 0.05) is 30.6 Å². The van der Waals surface area contributed by atoms with Crippen LogP contribution in [-0.4, -0.2) is 37.4 Å². The smallest absolute Gasteiger partial charge is 0.340 e. The first-order chi connectivity index (χ1) is 9.67. The third kappa shape index (κ3) is 3.04. The molecule has 1 saturated heterocycles. The lowest BCUT2D eigenvalue weighted by molar-refractivity contribution is 0.0602. The number of methoxy groups -OCH3 is 1. The lowest BCUT2D eigenvalue weighted by atomic mass is 9.98. The van der Waals surface area contributed by atoms with E-state index in [1.54, 1.807) is 12.1 Å². The minimum absolute atomic E-state index is 0.181. The predicted molar refractivity (Wildman–Crippen MR) is 78.9 cm³/mol. The Morgan fingerprint density at radius 3 is 3.00 bits per heavy atom. The zero-order valence-corrected chi connectivity index (χ0v) is 11.8. The summed E-state index contributed by atoms with van der Waals surface area (Å²) in [5, 5.41) is 9.19. The third-order valence-electron chi connectivity index (χ3n) is 3.86. The quantitative estimate of drug-likeness (QED) is 0.649. The van der Waals surface area contributed by atoms with Crippen molar-refractivity contribution in [3.8, 4) is 0 Å². The van der Waals surface area contributed by atoms with Crippen LogP contribution in [0.15, 0.2) is 18.2 Å². The number of carbonyl (C=O) groups is 1. The topological polar surface area (TPSA) is 75.8 Å². The number of rotatable bonds is 4. The number of piperidine rings is 1. The van der Waals surface area contributed by atoms with Crippen molar-refractivity contribution in [3.63, 3.8) is 0 Å². The first-order valence-electron chi connectivity index (χ1n) is 7.02. The summed E-state index contributed by atoms with van der Waals surface area (Å²) in [6.07, 6.45) is 4.12. The van der Waals surface area contributed by atoms with Crippen LogP contribution in [0.25, 0.3) is 0 Å². The van der Waals surface area contributed by atoms with Crippen molar-refractivity contribution in [1.29, 1.82) is 0 Å². The number of hydrogen-bond acceptors (Lipinski definition) is 5. The van der Waals surface area contributed by atoms with Crippen LogP contribution in [0.5, 0.6) is 0 Å². The Morgan fingerprint density at radius 1 is 1.50 bits per heavy atom. The average molecular weight is 278 g/mol. The molecule has 0 saturated carbocycles. The van der Waals surface area contributed by atoms with E-state index in [4.69, 9.17) is 10.5 Å². The van der Waals surface area contributed by atoms with Gasteiger partial charge in [-0.15, -0.1) is 0 Å². The van der Waals surface area contributed by atoms with Gasteiger partial charge in [0.2, 0.25) is 0 Å². The van der Waals surface area contributed by atoms with Gasteiger partial charge < -0.3 is 20.5 Å². The standard InChI is InChI=1S/C15H22N2O3/c1-20-15(19)13-10-12(5-6-14(13)16)17-8-3-2-4-11(17)7-9-18/h5-6,10-11,18H,2-4,7-9,16H2,1H3. The summed E-state index contributed by atoms with van der Waals surface area (Å²) in [5.74, 6) is -0.417. The third-order valence-corrected chi connectivity index (χ3v) is 3.86. The fraction of sp³-hybridized carbons (Fsp3) is 0.533. The Bertz CT molecular complexity index is 474. The number of ether oxygens (including phenoxy) is 1. The maximum Gasteiger partial charge on any atom is 0.340 e. The van der Waals surface area contributed by atoms with E-state index in [0.717, 1.165) is 31.5 Å². The summed E-state index contributed by atoms with van der Waals surface area (Å²) in [6, 6.07) is 5.78. The molecule has 0 amide bonds. The van der Waals surface area contributed by atoms with Gasteiger partial charge in [0.05, 0.1) is 12.7 Å². The number of benzene rings is 1. The molecule has 1 aromatic rings. The molecule has 5 heteroatoms. The zero-order chi connectivity index (χ0) is 14.5. The number of aliphatic hydroxyl groups excluding tert-OH is 1. The van der Waals surface area contributed by atoms with E-state index in [2.05, 4.69) is 4.90 Å². The molecule has 1 aliphatic rings. The number of aliphatic hydroxyl groups is 1. The normalized spacial score (nSPS) is 18.9. The Balaban J connectivity index is 2.28. The molecule has 1 unspecified atom stereocenters. The summed E-state index contributed by atoms with van der Waals surface area (Å²) in [4.78, 5) is 14.0. The minimum Gasteiger partial charge on any atom is -0.465 e. The minimum atomic E-state index is -0.417. The molecule has 3 N–H and O–H groups in total. The van der Waals surface area contributed by atoms with Gasteiger partial charge >= 0.3 is 5.97 Å². The number of esters is 1. The van der Waals surface area contributed by atoms with Crippen molar-refractivity contribution in [1.82, 2.24) is 0 Å². The van der Waals surface area contributed by atoms with Crippen LogP contribution < -0.4 is 10.6 Å². The fourth-order valence-corrected chi connectivity index (χ4v) is 2.80. The molecule has 1 atom stereocenters. The van der Waals surface area contributed by atoms with Gasteiger partial charge in [0.1, 0.15) is 0 Å². The molecule has 5 nitrogen and oxygen atoms in total. The van der Waals surface area contributed by atoms with Crippen LogP contribution in [0.2, 0.25) is 0 Å². The lowest BCUT2D eigenvalue weighted by Gasteiger charge is -2.37. The summed E-state index contributed by atoms with van der Waals surface area (Å²) in [7, 11) is 1.35. The van der Waals surface area contributed by atoms with Crippen molar-refractivity contribution >= 4 is 17.3 Å². The average Bonchev–Trinajstić information content (AvgIpc) is 2.48. The Morgan fingerprint density at radius 2 is 2.30 bits per heavy atom. The highest BCUT2D eigenvalue weighted by Gasteiger charge is 2.23. The Hall–Kier alpha value is -1.75. The number of nitrogen functional groups attached to an aromatic ring is 1. The lowest BCUT2D eigenvalue weighted by Crippen LogP contribution is -2.40. The highest BCUT2D eigenvalue weighted by Crippen LogP contribution is 2.29. The van der Waals surface area contributed by atoms with Crippen LogP contribution in [0.4, 0.5) is 11.4 Å². The molecule has 0 aliphatic carbocycles. The van der Waals surface area contributed by atoms with E-state index >= 15 is 0 Å². The Kier molecular flexibility index (Phi) is 4.84. The maximum absolute atomic E-state index is 11.7. The molecule has 1 aromatic carbocycles. The fourth-order valence-electron chi connectivity index (χ4n) is 2.80. The number of hydrogen-bond donors (Lipinski definition) is 2. The Labute approximate surface area is 119 Å². The van der Waals surface area contributed by atoms with E-state index in [-0.39, 0.29) is 6.61 Å². The molecule has 20 heavy (non-hydrogen) atoms. The van der Waals surface area contributed by atoms with Gasteiger partial charge in [-0.05, 0) is 43.9 Å². The van der Waals surface area contributed by atoms with Gasteiger partial charge in [-0.2, -0.15) is 0 Å². The summed E-state index contributed by atoms with van der Waals surface area (Å²) in [5.41, 5.74) is 7.63. The second-order valence-electron chi connectivity index (χ2n) is 5.12. The monoisotopic (exact) mass is 278 g/mol. The second kappa shape index (κ2) is 6.61. The van der Waals surface area contributed by atoms with Gasteiger partial charge in [-0.1, -0.05) is 0 Å². The van der Waals surface area contributed by atoms with E-state index < -0.39 is 5.97 Å². The van der Waals surface area contributed by atoms with Gasteiger partial charge in [-0.25, -0.2) is 4.79 Å². The van der Waals surface area contributed by atoms with Crippen LogP contribution in [0.3, 0.4) is 0 Å². The molecule has 0 spiro atoms. The molecule has 0 aromatic heterocycles. The molecular formula is C15H22N2O3. The van der Waals surface area contributed by atoms with Crippen molar-refractivity contribution < 1.29 is 14.6 Å². The van der Waals surface area contributed by atoms with E-state index in [0.29, 0.717) is 17.3 Å². The maximum atomic E-state index is 11.7. The summed E-state index contributed by atoms with van der Waals surface area (Å²) in [6.45, 7) is 1.12. The van der Waals surface area contributed by atoms with Gasteiger partial charge in [-0.3, -0.25) is 0 Å². The van der Waals surface area contributed by atoms with Crippen molar-refractivity contribution in [2.24, 2.45) is 0 Å². The molecule has 1 aliphatic heterocycles. The molecule has 2 rings (SSSR count). The first-order valence-corrected chi connectivity index (χ1v) is 7.02. The number of nitrogens with zero attached hydrogens (tertiary/aromatic N) is 1. The molecule has 110 valence electrons. The number of carbonyl (C=O) groups excluding carboxylic acids is 1. The molecule has 0 bridgehead atoms. The highest BCUT2D eigenvalue weighted by atomic mass is 16.5. The van der Waals surface area contributed by atoms with Crippen molar-refractivity contribution in [2.45, 2.75) is 31.7 Å². The molecule has 1 fully saturated rings. The predicted octanol–water partition coefficient (Wildman–Crippen LogP) is 1.80. The van der Waals surface area contributed by atoms with E-state index in [1.165, 1.54) is 13.5 Å². The zero-order valence-electron chi connectivity index (χ0n) is 11.8. The SMILES string of the molecule is COC(=O)c1cc(N2CCCCC2CCO)ccc1N. The van der Waals surface area contributed by atoms with Crippen LogP contribution in [0, 0.1) is 0 Å². The highest BCUT2D eigenvalue weighted by molar-refractivity contribution is 5.96. The number of nitrogens with two attached hydrogens (primary N) is 1. The van der Waals surface area contributed by atoms with Crippen LogP contribution >= 0.6 is 0 Å². The second-order valence-corrected chi connectivity index (χ2v) is 5.12. The molecule has 1 heterocycles. The van der Waals surface area contributed by atoms with Crippen molar-refractivity contribution in [2.75, 3.05) is 30.9 Å². The van der Waals surface area contributed by atoms with Crippen LogP contribution in [0.1, 0.15) is 36.0 Å². The van der Waals surface area contributed by atoms with Gasteiger partial charge in [0.25, 0.3) is 0 Å². The van der Waals surface area contributed by atoms with Crippen molar-refractivity contribution in [3.05, 3.63) is 23.8 Å². The summed E-state index contributed by atoms with van der Waals surface area (Å²) < 4.78 is 4.76. The molecular weight excluding hydrogens is 256 g/mol. The molecule has 0 radical (unpaired) electrons. The van der Waals surface area contributed by atoms with Gasteiger partial charge in [0.15, 0.2) is 0 Å². The van der Waals surface area contributed by atoms with E-state index in [9.17, 15) is 9.90 Å². The van der Waals surface area contributed by atoms with E-state index in [1.807, 2.05) is 6.07 Å². The summed E-state index contributed by atoms with van der Waals surface area (Å²) >= 11 is 0.